The van der Waals surface area contributed by atoms with Gasteiger partial charge in [0.15, 0.2) is 0 Å². The van der Waals surface area contributed by atoms with Crippen molar-refractivity contribution in [2.75, 3.05) is 19.7 Å². The minimum absolute atomic E-state index is 0.00224. The molecule has 2 aromatic heterocycles. The number of pyridine rings is 1. The summed E-state index contributed by atoms with van der Waals surface area (Å²) in [5.74, 6) is 0.547. The highest BCUT2D eigenvalue weighted by Crippen LogP contribution is 2.37. The fourth-order valence-corrected chi connectivity index (χ4v) is 5.80. The number of benzene rings is 2. The number of ether oxygens (including phenoxy) is 2. The molecule has 2 aliphatic heterocycles. The molecule has 0 radical (unpaired) electrons. The quantitative estimate of drug-likeness (QED) is 0.370. The third-order valence-electron chi connectivity index (χ3n) is 7.52. The van der Waals surface area contributed by atoms with Crippen molar-refractivity contribution in [1.82, 2.24) is 9.47 Å². The van der Waals surface area contributed by atoms with Crippen LogP contribution in [0.3, 0.4) is 0 Å². The Hall–Kier alpha value is -4.37. The van der Waals surface area contributed by atoms with Crippen molar-refractivity contribution in [3.05, 3.63) is 98.3 Å². The van der Waals surface area contributed by atoms with Gasteiger partial charge in [-0.1, -0.05) is 6.07 Å². The minimum Gasteiger partial charge on any atom is -0.507 e. The normalized spacial score (nSPS) is 18.5. The number of aromatic nitrogens is 1. The molecule has 0 amide bonds. The largest absolute Gasteiger partial charge is 0.507 e. The number of carbonyl (C=O) groups is 1. The van der Waals surface area contributed by atoms with E-state index < -0.39 is 5.97 Å². The van der Waals surface area contributed by atoms with Gasteiger partial charge in [-0.05, 0) is 61.7 Å². The molecule has 4 aromatic rings. The molecule has 1 N–H and O–H groups in total. The maximum Gasteiger partial charge on any atom is 0.338 e. The molecule has 2 aromatic carbocycles. The van der Waals surface area contributed by atoms with Crippen LogP contribution in [0.5, 0.6) is 17.2 Å². The smallest absolute Gasteiger partial charge is 0.338 e. The summed E-state index contributed by atoms with van der Waals surface area (Å²) in [6.07, 6.45) is 2.28. The molecule has 6 rings (SSSR count). The van der Waals surface area contributed by atoms with Gasteiger partial charge in [0.25, 0.3) is 5.56 Å². The van der Waals surface area contributed by atoms with E-state index in [4.69, 9.17) is 13.9 Å². The van der Waals surface area contributed by atoms with Crippen LogP contribution in [0.4, 0.5) is 0 Å². The second kappa shape index (κ2) is 10.1. The Labute approximate surface area is 223 Å². The number of rotatable bonds is 6. The summed E-state index contributed by atoms with van der Waals surface area (Å²) in [5, 5.41) is 11.0. The first-order valence-electron chi connectivity index (χ1n) is 13.0. The molecule has 0 unspecified atom stereocenters. The van der Waals surface area contributed by atoms with Crippen molar-refractivity contribution in [3.63, 3.8) is 0 Å². The number of esters is 1. The van der Waals surface area contributed by atoms with Crippen molar-refractivity contribution >= 4 is 16.9 Å². The van der Waals surface area contributed by atoms with Crippen molar-refractivity contribution in [2.45, 2.75) is 32.4 Å². The number of nitrogens with zero attached hydrogens (tertiary/aromatic N) is 2. The van der Waals surface area contributed by atoms with Crippen LogP contribution < -0.4 is 15.7 Å². The first-order valence-corrected chi connectivity index (χ1v) is 13.0. The van der Waals surface area contributed by atoms with Crippen LogP contribution in [-0.4, -0.2) is 40.2 Å². The number of carbonyl (C=O) groups excluding carboxylic acids is 1. The highest BCUT2D eigenvalue weighted by atomic mass is 16.5. The van der Waals surface area contributed by atoms with Gasteiger partial charge in [0.1, 0.15) is 23.3 Å². The van der Waals surface area contributed by atoms with E-state index in [2.05, 4.69) is 4.90 Å². The second-order valence-corrected chi connectivity index (χ2v) is 10.1. The van der Waals surface area contributed by atoms with Crippen LogP contribution in [0.15, 0.2) is 74.9 Å². The second-order valence-electron chi connectivity index (χ2n) is 10.1. The summed E-state index contributed by atoms with van der Waals surface area (Å²) in [6.45, 7) is 4.62. The number of phenols is 1. The molecular weight excluding hydrogens is 500 g/mol. The van der Waals surface area contributed by atoms with Gasteiger partial charge >= 0.3 is 5.97 Å². The SMILES string of the molecule is CCOC(=O)c1ccc(Oc2coc3c(CN4C[C@H]5C[C@@H](C4)c4cccc(=O)n4C5)c(O)ccc3c2=O)cc1. The van der Waals surface area contributed by atoms with E-state index in [1.165, 1.54) is 18.4 Å². The molecule has 2 aliphatic rings. The van der Waals surface area contributed by atoms with Crippen LogP contribution in [0, 0.1) is 5.92 Å². The molecule has 200 valence electrons. The van der Waals surface area contributed by atoms with Gasteiger partial charge in [-0.25, -0.2) is 4.79 Å². The van der Waals surface area contributed by atoms with Gasteiger partial charge in [-0.15, -0.1) is 0 Å². The highest BCUT2D eigenvalue weighted by molar-refractivity contribution is 5.89. The van der Waals surface area contributed by atoms with Gasteiger partial charge in [-0.2, -0.15) is 0 Å². The Morgan fingerprint density at radius 3 is 2.67 bits per heavy atom. The lowest BCUT2D eigenvalue weighted by molar-refractivity contribution is 0.0526. The maximum atomic E-state index is 13.3. The minimum atomic E-state index is -0.433. The number of aromatic hydroxyl groups is 1. The summed E-state index contributed by atoms with van der Waals surface area (Å²) in [7, 11) is 0. The van der Waals surface area contributed by atoms with Crippen LogP contribution >= 0.6 is 0 Å². The van der Waals surface area contributed by atoms with Crippen LogP contribution in [0.1, 0.15) is 40.9 Å². The van der Waals surface area contributed by atoms with Gasteiger partial charge < -0.3 is 23.6 Å². The molecule has 0 spiro atoms. The van der Waals surface area contributed by atoms with Crippen LogP contribution in [-0.2, 0) is 17.8 Å². The standard InChI is InChI=1S/C30H28N2O7/c1-2-37-30(36)19-6-8-21(9-7-19)39-26-17-38-29-22(28(26)35)10-11-25(33)23(29)16-31-13-18-12-20(15-31)24-4-3-5-27(34)32(24)14-18/h3-11,17-18,20,33H,2,12-16H2,1H3/t18-,20+/m1/s1. The lowest BCUT2D eigenvalue weighted by atomic mass is 9.83. The number of phenolic OH excluding ortho intramolecular Hbond substituents is 1. The Bertz CT molecular complexity index is 1670. The fourth-order valence-electron chi connectivity index (χ4n) is 5.80. The Kier molecular flexibility index (Phi) is 6.44. The van der Waals surface area contributed by atoms with Gasteiger partial charge in [0.05, 0.1) is 23.1 Å². The Balaban J connectivity index is 1.25. The molecule has 9 heteroatoms. The number of likely N-dealkylation sites (tertiary alicyclic amines) is 1. The van der Waals surface area contributed by atoms with Gasteiger partial charge in [-0.3, -0.25) is 14.5 Å². The van der Waals surface area contributed by atoms with E-state index in [0.29, 0.717) is 46.9 Å². The predicted molar refractivity (Wildman–Crippen MR) is 143 cm³/mol. The third-order valence-corrected chi connectivity index (χ3v) is 7.52. The topological polar surface area (TPSA) is 111 Å². The molecule has 2 atom stereocenters. The summed E-state index contributed by atoms with van der Waals surface area (Å²) in [5.41, 5.74) is 1.96. The van der Waals surface area contributed by atoms with Crippen LogP contribution in [0.2, 0.25) is 0 Å². The average molecular weight is 529 g/mol. The number of piperidine rings is 1. The highest BCUT2D eigenvalue weighted by Gasteiger charge is 2.35. The lowest BCUT2D eigenvalue weighted by Gasteiger charge is -2.42. The predicted octanol–water partition coefficient (Wildman–Crippen LogP) is 4.25. The lowest BCUT2D eigenvalue weighted by Crippen LogP contribution is -2.46. The monoisotopic (exact) mass is 528 g/mol. The van der Waals surface area contributed by atoms with E-state index in [9.17, 15) is 19.5 Å². The molecule has 39 heavy (non-hydrogen) atoms. The summed E-state index contributed by atoms with van der Waals surface area (Å²) in [4.78, 5) is 39.8. The summed E-state index contributed by atoms with van der Waals surface area (Å²) < 4.78 is 18.5. The average Bonchev–Trinajstić information content (AvgIpc) is 2.93. The molecular formula is C30H28N2O7. The molecule has 0 saturated carbocycles. The summed E-state index contributed by atoms with van der Waals surface area (Å²) in [6, 6.07) is 14.8. The van der Waals surface area contributed by atoms with Crippen molar-refractivity contribution < 1.29 is 23.8 Å². The third kappa shape index (κ3) is 4.70. The van der Waals surface area contributed by atoms with Gasteiger partial charge in [0.2, 0.25) is 11.2 Å². The number of hydrogen-bond donors (Lipinski definition) is 1. The Morgan fingerprint density at radius 1 is 1.05 bits per heavy atom. The molecule has 2 bridgehead atoms. The first kappa shape index (κ1) is 24.9. The maximum absolute atomic E-state index is 13.3. The van der Waals surface area contributed by atoms with E-state index >= 15 is 0 Å². The van der Waals surface area contributed by atoms with Crippen molar-refractivity contribution in [1.29, 1.82) is 0 Å². The number of fused-ring (bicyclic) bond motifs is 5. The van der Waals surface area contributed by atoms with Gasteiger partial charge in [0, 0.05) is 43.9 Å². The molecule has 1 fully saturated rings. The molecule has 9 nitrogen and oxygen atoms in total. The zero-order valence-electron chi connectivity index (χ0n) is 21.5. The molecule has 0 aliphatic carbocycles. The van der Waals surface area contributed by atoms with Crippen molar-refractivity contribution in [2.24, 2.45) is 5.92 Å². The van der Waals surface area contributed by atoms with Crippen molar-refractivity contribution in [3.8, 4) is 17.2 Å². The molecule has 1 saturated heterocycles. The fraction of sp³-hybridized carbons (Fsp3) is 0.300. The first-order chi connectivity index (χ1) is 18.9. The summed E-state index contributed by atoms with van der Waals surface area (Å²) >= 11 is 0. The zero-order chi connectivity index (χ0) is 27.1. The van der Waals surface area contributed by atoms with Crippen LogP contribution in [0.25, 0.3) is 11.0 Å². The van der Waals surface area contributed by atoms with E-state index in [-0.39, 0.29) is 35.0 Å². The Morgan fingerprint density at radius 2 is 1.87 bits per heavy atom. The van der Waals surface area contributed by atoms with E-state index in [1.54, 1.807) is 37.3 Å². The van der Waals surface area contributed by atoms with E-state index in [0.717, 1.165) is 25.2 Å². The molecule has 4 heterocycles. The zero-order valence-corrected chi connectivity index (χ0v) is 21.5. The number of hydrogen-bond acceptors (Lipinski definition) is 8. The van der Waals surface area contributed by atoms with E-state index in [1.807, 2.05) is 16.7 Å².